The molecule has 0 aliphatic rings. The number of likely N-dealkylation sites (N-methyl/N-ethyl adjacent to an activating group) is 1. The van der Waals surface area contributed by atoms with Crippen LogP contribution in [0.25, 0.3) is 11.4 Å². The molecular weight excluding hydrogens is 364 g/mol. The van der Waals surface area contributed by atoms with Crippen LogP contribution in [0.3, 0.4) is 0 Å². The Morgan fingerprint density at radius 2 is 2.00 bits per heavy atom. The van der Waals surface area contributed by atoms with E-state index in [1.165, 1.54) is 0 Å². The SMILES string of the molecule is COCCn1c(-c2ccncc2)nn(CN(C)CC(=O)NC(C)(C)C)c1=S. The van der Waals surface area contributed by atoms with Gasteiger partial charge in [0.25, 0.3) is 0 Å². The van der Waals surface area contributed by atoms with Crippen molar-refractivity contribution in [2.24, 2.45) is 0 Å². The molecule has 8 nitrogen and oxygen atoms in total. The van der Waals surface area contributed by atoms with E-state index < -0.39 is 0 Å². The first-order chi connectivity index (χ1) is 12.7. The van der Waals surface area contributed by atoms with Crippen LogP contribution in [0.2, 0.25) is 0 Å². The van der Waals surface area contributed by atoms with Crippen molar-refractivity contribution in [3.8, 4) is 11.4 Å². The van der Waals surface area contributed by atoms with Crippen molar-refractivity contribution in [3.05, 3.63) is 29.3 Å². The van der Waals surface area contributed by atoms with Crippen molar-refractivity contribution in [2.75, 3.05) is 27.3 Å². The van der Waals surface area contributed by atoms with Gasteiger partial charge in [0.1, 0.15) is 0 Å². The minimum Gasteiger partial charge on any atom is -0.383 e. The van der Waals surface area contributed by atoms with Gasteiger partial charge in [-0.15, -0.1) is 0 Å². The summed E-state index contributed by atoms with van der Waals surface area (Å²) in [6.07, 6.45) is 3.45. The van der Waals surface area contributed by atoms with E-state index in [-0.39, 0.29) is 18.0 Å². The van der Waals surface area contributed by atoms with E-state index in [1.54, 1.807) is 24.2 Å². The maximum Gasteiger partial charge on any atom is 0.234 e. The van der Waals surface area contributed by atoms with Gasteiger partial charge in [-0.25, -0.2) is 4.68 Å². The molecule has 2 aromatic heterocycles. The van der Waals surface area contributed by atoms with E-state index in [4.69, 9.17) is 17.0 Å². The van der Waals surface area contributed by atoms with Gasteiger partial charge in [0, 0.05) is 30.6 Å². The van der Waals surface area contributed by atoms with Gasteiger partial charge in [-0.2, -0.15) is 5.10 Å². The number of carbonyl (C=O) groups excluding carboxylic acids is 1. The molecule has 1 amide bonds. The van der Waals surface area contributed by atoms with E-state index in [1.807, 2.05) is 49.4 Å². The Morgan fingerprint density at radius 1 is 1.33 bits per heavy atom. The van der Waals surface area contributed by atoms with Gasteiger partial charge in [-0.1, -0.05) is 0 Å². The molecule has 2 rings (SSSR count). The third-order valence-electron chi connectivity index (χ3n) is 3.68. The fourth-order valence-electron chi connectivity index (χ4n) is 2.61. The van der Waals surface area contributed by atoms with Crippen LogP contribution in [0.15, 0.2) is 24.5 Å². The number of rotatable bonds is 8. The van der Waals surface area contributed by atoms with Crippen LogP contribution < -0.4 is 5.32 Å². The summed E-state index contributed by atoms with van der Waals surface area (Å²) in [4.78, 5) is 18.1. The van der Waals surface area contributed by atoms with E-state index >= 15 is 0 Å². The molecule has 0 aromatic carbocycles. The Morgan fingerprint density at radius 3 is 2.59 bits per heavy atom. The number of hydrogen-bond acceptors (Lipinski definition) is 6. The Hall–Kier alpha value is -2.10. The lowest BCUT2D eigenvalue weighted by Gasteiger charge is -2.23. The quantitative estimate of drug-likeness (QED) is 0.692. The number of nitrogens with zero attached hydrogens (tertiary/aromatic N) is 5. The van der Waals surface area contributed by atoms with Crippen LogP contribution in [0.5, 0.6) is 0 Å². The van der Waals surface area contributed by atoms with E-state index in [2.05, 4.69) is 15.4 Å². The van der Waals surface area contributed by atoms with E-state index in [0.29, 0.717) is 24.6 Å². The average molecular weight is 393 g/mol. The lowest BCUT2D eigenvalue weighted by atomic mass is 10.1. The second-order valence-electron chi connectivity index (χ2n) is 7.44. The molecule has 0 fully saturated rings. The Labute approximate surface area is 165 Å². The predicted octanol–water partition coefficient (Wildman–Crippen LogP) is 1.93. The molecule has 0 unspecified atom stereocenters. The number of ether oxygens (including phenoxy) is 1. The molecule has 0 spiro atoms. The Balaban J connectivity index is 2.20. The van der Waals surface area contributed by atoms with E-state index in [0.717, 1.165) is 11.4 Å². The number of methoxy groups -OCH3 is 1. The largest absolute Gasteiger partial charge is 0.383 e. The van der Waals surface area contributed by atoms with Crippen LogP contribution in [-0.4, -0.2) is 63.0 Å². The molecule has 0 radical (unpaired) electrons. The second-order valence-corrected chi connectivity index (χ2v) is 7.80. The van der Waals surface area contributed by atoms with Crippen molar-refractivity contribution in [1.82, 2.24) is 29.5 Å². The number of hydrogen-bond donors (Lipinski definition) is 1. The van der Waals surface area contributed by atoms with Gasteiger partial charge in [-0.05, 0) is 52.2 Å². The molecule has 0 atom stereocenters. The highest BCUT2D eigenvalue weighted by Crippen LogP contribution is 2.17. The van der Waals surface area contributed by atoms with Gasteiger partial charge in [0.2, 0.25) is 5.91 Å². The molecular formula is C18H28N6O2S. The molecule has 0 saturated heterocycles. The molecule has 0 bridgehead atoms. The minimum atomic E-state index is -0.259. The fourth-order valence-corrected chi connectivity index (χ4v) is 2.89. The number of carbonyl (C=O) groups is 1. The predicted molar refractivity (Wildman–Crippen MR) is 107 cm³/mol. The summed E-state index contributed by atoms with van der Waals surface area (Å²) in [5.41, 5.74) is 0.670. The normalized spacial score (nSPS) is 11.8. The first-order valence-corrected chi connectivity index (χ1v) is 9.18. The zero-order valence-corrected chi connectivity index (χ0v) is 17.4. The summed E-state index contributed by atoms with van der Waals surface area (Å²) in [5, 5.41) is 7.63. The maximum atomic E-state index is 12.1. The zero-order chi connectivity index (χ0) is 20.0. The Kier molecular flexibility index (Phi) is 7.23. The standard InChI is InChI=1S/C18H28N6O2S/c1-18(2,3)20-15(25)12-22(4)13-24-17(27)23(10-11-26-5)16(21-24)14-6-8-19-9-7-14/h6-9H,10-13H2,1-5H3,(H,20,25). The summed E-state index contributed by atoms with van der Waals surface area (Å²) < 4.78 is 9.46. The average Bonchev–Trinajstić information content (AvgIpc) is 2.88. The number of amides is 1. The number of pyridine rings is 1. The molecule has 2 aromatic rings. The van der Waals surface area contributed by atoms with Gasteiger partial charge in [0.05, 0.1) is 26.4 Å². The van der Waals surface area contributed by atoms with Crippen molar-refractivity contribution < 1.29 is 9.53 Å². The Bertz CT molecular complexity index is 809. The number of aromatic nitrogens is 4. The van der Waals surface area contributed by atoms with Crippen molar-refractivity contribution in [3.63, 3.8) is 0 Å². The molecule has 0 saturated carbocycles. The molecule has 0 aliphatic heterocycles. The molecule has 0 aliphatic carbocycles. The lowest BCUT2D eigenvalue weighted by Crippen LogP contribution is -2.45. The van der Waals surface area contributed by atoms with Crippen LogP contribution in [0.1, 0.15) is 20.8 Å². The molecule has 2 heterocycles. The first kappa shape index (κ1) is 21.2. The van der Waals surface area contributed by atoms with Gasteiger partial charge in [-0.3, -0.25) is 19.2 Å². The smallest absolute Gasteiger partial charge is 0.234 e. The molecule has 148 valence electrons. The van der Waals surface area contributed by atoms with Crippen LogP contribution in [0.4, 0.5) is 0 Å². The summed E-state index contributed by atoms with van der Waals surface area (Å²) in [6.45, 7) is 7.67. The summed E-state index contributed by atoms with van der Waals surface area (Å²) in [7, 11) is 3.52. The maximum absolute atomic E-state index is 12.1. The van der Waals surface area contributed by atoms with Crippen molar-refractivity contribution in [2.45, 2.75) is 39.5 Å². The molecule has 9 heteroatoms. The zero-order valence-electron chi connectivity index (χ0n) is 16.6. The molecule has 1 N–H and O–H groups in total. The van der Waals surface area contributed by atoms with Gasteiger partial charge >= 0.3 is 0 Å². The minimum absolute atomic E-state index is 0.0373. The number of nitrogens with one attached hydrogen (secondary N) is 1. The monoisotopic (exact) mass is 392 g/mol. The highest BCUT2D eigenvalue weighted by atomic mass is 32.1. The highest BCUT2D eigenvalue weighted by Gasteiger charge is 2.17. The highest BCUT2D eigenvalue weighted by molar-refractivity contribution is 7.71. The third kappa shape index (κ3) is 6.23. The fraction of sp³-hybridized carbons (Fsp3) is 0.556. The van der Waals surface area contributed by atoms with Crippen LogP contribution in [0, 0.1) is 4.77 Å². The summed E-state index contributed by atoms with van der Waals surface area (Å²) in [5.74, 6) is 0.719. The van der Waals surface area contributed by atoms with Crippen molar-refractivity contribution >= 4 is 18.1 Å². The topological polar surface area (TPSA) is 77.2 Å². The van der Waals surface area contributed by atoms with Gasteiger partial charge < -0.3 is 10.1 Å². The second kappa shape index (κ2) is 9.20. The van der Waals surface area contributed by atoms with Crippen molar-refractivity contribution in [1.29, 1.82) is 0 Å². The first-order valence-electron chi connectivity index (χ1n) is 8.78. The molecule has 27 heavy (non-hydrogen) atoms. The van der Waals surface area contributed by atoms with E-state index in [9.17, 15) is 4.79 Å². The summed E-state index contributed by atoms with van der Waals surface area (Å²) >= 11 is 5.61. The van der Waals surface area contributed by atoms with Crippen LogP contribution >= 0.6 is 12.2 Å². The summed E-state index contributed by atoms with van der Waals surface area (Å²) in [6, 6.07) is 3.79. The third-order valence-corrected chi connectivity index (χ3v) is 4.11. The van der Waals surface area contributed by atoms with Crippen LogP contribution in [-0.2, 0) is 22.7 Å². The van der Waals surface area contributed by atoms with Gasteiger partial charge in [0.15, 0.2) is 10.6 Å². The lowest BCUT2D eigenvalue weighted by molar-refractivity contribution is -0.123.